The summed E-state index contributed by atoms with van der Waals surface area (Å²) in [5.74, 6) is -0.219. The van der Waals surface area contributed by atoms with Crippen molar-refractivity contribution in [2.24, 2.45) is 0 Å². The molecular weight excluding hydrogens is 197 g/mol. The molecule has 0 aliphatic rings. The summed E-state index contributed by atoms with van der Waals surface area (Å²) in [5.41, 5.74) is 0. The quantitative estimate of drug-likeness (QED) is 0.658. The molecule has 0 unspecified atom stereocenters. The highest BCUT2D eigenvalue weighted by Gasteiger charge is 2.24. The van der Waals surface area contributed by atoms with Crippen LogP contribution in [0.2, 0.25) is 0 Å². The fourth-order valence-electron chi connectivity index (χ4n) is 1.22. The molecule has 0 bridgehead atoms. The maximum absolute atomic E-state index is 11.4. The fraction of sp³-hybridized carbons (Fsp3) is 0.875. The van der Waals surface area contributed by atoms with Gasteiger partial charge in [0.1, 0.15) is 0 Å². The monoisotopic (exact) mass is 211 g/mol. The predicted molar refractivity (Wildman–Crippen MR) is 52.6 cm³/mol. The second-order valence-electron chi connectivity index (χ2n) is 3.23. The Morgan fingerprint density at radius 1 is 1.08 bits per heavy atom. The number of carbonyl (C=O) groups excluding carboxylic acids is 1. The third kappa shape index (κ3) is 3.20. The Labute approximate surface area is 83.8 Å². The van der Waals surface area contributed by atoms with Crippen LogP contribution in [0.5, 0.6) is 0 Å². The van der Waals surface area contributed by atoms with Gasteiger partial charge < -0.3 is 4.90 Å². The fourth-order valence-corrected chi connectivity index (χ4v) is 1.44. The van der Waals surface area contributed by atoms with Crippen LogP contribution in [0.25, 0.3) is 0 Å². The van der Waals surface area contributed by atoms with Crippen molar-refractivity contribution in [1.29, 1.82) is 0 Å². The molecule has 0 heterocycles. The lowest BCUT2D eigenvalue weighted by atomic mass is 10.2. The Bertz CT molecular complexity index is 149. The molecule has 0 spiro atoms. The van der Waals surface area contributed by atoms with E-state index in [1.807, 2.05) is 27.7 Å². The van der Waals surface area contributed by atoms with Crippen molar-refractivity contribution in [1.82, 2.24) is 4.90 Å². The molecule has 0 aliphatic heterocycles. The van der Waals surface area contributed by atoms with Crippen LogP contribution in [-0.4, -0.2) is 27.7 Å². The molecule has 0 rings (SSSR count). The molecular formula is C8H15Cl2NO. The van der Waals surface area contributed by atoms with Crippen molar-refractivity contribution in [2.75, 3.05) is 0 Å². The van der Waals surface area contributed by atoms with E-state index < -0.39 is 4.84 Å². The van der Waals surface area contributed by atoms with Crippen LogP contribution in [0, 0.1) is 0 Å². The molecule has 0 aromatic heterocycles. The number of halogens is 2. The van der Waals surface area contributed by atoms with E-state index in [4.69, 9.17) is 23.2 Å². The Balaban J connectivity index is 4.41. The largest absolute Gasteiger partial charge is 0.335 e. The first-order valence-electron chi connectivity index (χ1n) is 3.98. The van der Waals surface area contributed by atoms with E-state index in [9.17, 15) is 4.79 Å². The number of rotatable bonds is 3. The molecule has 0 aromatic carbocycles. The second kappa shape index (κ2) is 4.93. The summed E-state index contributed by atoms with van der Waals surface area (Å²) in [4.78, 5) is 12.1. The first kappa shape index (κ1) is 12.0. The van der Waals surface area contributed by atoms with Gasteiger partial charge in [-0.25, -0.2) is 0 Å². The van der Waals surface area contributed by atoms with Gasteiger partial charge in [-0.2, -0.15) is 0 Å². The predicted octanol–water partition coefficient (Wildman–Crippen LogP) is 2.44. The summed E-state index contributed by atoms with van der Waals surface area (Å²) in [6, 6.07) is 0.273. The van der Waals surface area contributed by atoms with Gasteiger partial charge in [0.05, 0.1) is 0 Å². The van der Waals surface area contributed by atoms with Gasteiger partial charge in [0.15, 0.2) is 4.84 Å². The van der Waals surface area contributed by atoms with E-state index in [1.54, 1.807) is 4.90 Å². The van der Waals surface area contributed by atoms with E-state index in [0.29, 0.717) is 0 Å². The van der Waals surface area contributed by atoms with Gasteiger partial charge in [0, 0.05) is 12.1 Å². The second-order valence-corrected chi connectivity index (χ2v) is 4.33. The lowest BCUT2D eigenvalue weighted by Gasteiger charge is -2.31. The third-order valence-electron chi connectivity index (χ3n) is 1.55. The van der Waals surface area contributed by atoms with E-state index in [0.717, 1.165) is 0 Å². The van der Waals surface area contributed by atoms with Gasteiger partial charge in [0.25, 0.3) is 5.91 Å². The smallest absolute Gasteiger partial charge is 0.256 e. The SMILES string of the molecule is CC(C)N(C(=O)C(Cl)Cl)C(C)C. The normalized spacial score (nSPS) is 11.4. The summed E-state index contributed by atoms with van der Waals surface area (Å²) in [5, 5.41) is 0. The number of nitrogens with zero attached hydrogens (tertiary/aromatic N) is 1. The maximum atomic E-state index is 11.4. The minimum atomic E-state index is -0.949. The van der Waals surface area contributed by atoms with Crippen LogP contribution >= 0.6 is 23.2 Å². The molecule has 72 valence electrons. The maximum Gasteiger partial charge on any atom is 0.256 e. The topological polar surface area (TPSA) is 20.3 Å². The van der Waals surface area contributed by atoms with Crippen molar-refractivity contribution in [3.05, 3.63) is 0 Å². The van der Waals surface area contributed by atoms with Crippen LogP contribution in [0.3, 0.4) is 0 Å². The highest BCUT2D eigenvalue weighted by atomic mass is 35.5. The molecule has 0 saturated heterocycles. The first-order valence-corrected chi connectivity index (χ1v) is 4.85. The molecule has 0 aliphatic carbocycles. The van der Waals surface area contributed by atoms with Crippen LogP contribution in [0.15, 0.2) is 0 Å². The molecule has 4 heteroatoms. The van der Waals surface area contributed by atoms with Gasteiger partial charge >= 0.3 is 0 Å². The van der Waals surface area contributed by atoms with Gasteiger partial charge in [-0.3, -0.25) is 4.79 Å². The zero-order valence-corrected chi connectivity index (χ0v) is 9.36. The highest BCUT2D eigenvalue weighted by Crippen LogP contribution is 2.13. The van der Waals surface area contributed by atoms with Gasteiger partial charge in [-0.05, 0) is 27.7 Å². The number of hydrogen-bond donors (Lipinski definition) is 0. The van der Waals surface area contributed by atoms with E-state index >= 15 is 0 Å². The number of carbonyl (C=O) groups is 1. The third-order valence-corrected chi connectivity index (χ3v) is 1.93. The molecule has 0 atom stereocenters. The molecule has 0 radical (unpaired) electrons. The molecule has 12 heavy (non-hydrogen) atoms. The average molecular weight is 212 g/mol. The van der Waals surface area contributed by atoms with Crippen LogP contribution in [-0.2, 0) is 4.79 Å². The lowest BCUT2D eigenvalue weighted by molar-refractivity contribution is -0.132. The molecule has 0 fully saturated rings. The molecule has 2 nitrogen and oxygen atoms in total. The van der Waals surface area contributed by atoms with Crippen LogP contribution < -0.4 is 0 Å². The molecule has 1 amide bonds. The standard InChI is InChI=1S/C8H15Cl2NO/c1-5(2)11(6(3)4)8(12)7(9)10/h5-7H,1-4H3. The molecule has 0 N–H and O–H groups in total. The van der Waals surface area contributed by atoms with Crippen molar-refractivity contribution >= 4 is 29.1 Å². The zero-order chi connectivity index (χ0) is 9.89. The molecule has 0 saturated carbocycles. The Morgan fingerprint density at radius 3 is 1.50 bits per heavy atom. The first-order chi connectivity index (χ1) is 5.37. The average Bonchev–Trinajstić information content (AvgIpc) is 1.85. The van der Waals surface area contributed by atoms with Crippen LogP contribution in [0.4, 0.5) is 0 Å². The highest BCUT2D eigenvalue weighted by molar-refractivity contribution is 6.53. The van der Waals surface area contributed by atoms with Crippen molar-refractivity contribution in [2.45, 2.75) is 44.6 Å². The van der Waals surface area contributed by atoms with Gasteiger partial charge in [-0.1, -0.05) is 23.2 Å². The van der Waals surface area contributed by atoms with Crippen molar-refractivity contribution < 1.29 is 4.79 Å². The number of alkyl halides is 2. The van der Waals surface area contributed by atoms with Gasteiger partial charge in [0.2, 0.25) is 0 Å². The van der Waals surface area contributed by atoms with Crippen molar-refractivity contribution in [3.8, 4) is 0 Å². The summed E-state index contributed by atoms with van der Waals surface area (Å²) in [6.07, 6.45) is 0. The minimum Gasteiger partial charge on any atom is -0.335 e. The van der Waals surface area contributed by atoms with Crippen molar-refractivity contribution in [3.63, 3.8) is 0 Å². The van der Waals surface area contributed by atoms with E-state index in [2.05, 4.69) is 0 Å². The van der Waals surface area contributed by atoms with E-state index in [-0.39, 0.29) is 18.0 Å². The Kier molecular flexibility index (Phi) is 4.95. The minimum absolute atomic E-state index is 0.137. The summed E-state index contributed by atoms with van der Waals surface area (Å²) < 4.78 is 0. The molecule has 0 aromatic rings. The number of amides is 1. The number of hydrogen-bond acceptors (Lipinski definition) is 1. The van der Waals surface area contributed by atoms with Crippen LogP contribution in [0.1, 0.15) is 27.7 Å². The summed E-state index contributed by atoms with van der Waals surface area (Å²) in [6.45, 7) is 7.75. The lowest BCUT2D eigenvalue weighted by Crippen LogP contribution is -2.44. The van der Waals surface area contributed by atoms with E-state index in [1.165, 1.54) is 0 Å². The van der Waals surface area contributed by atoms with Gasteiger partial charge in [-0.15, -0.1) is 0 Å². The summed E-state index contributed by atoms with van der Waals surface area (Å²) in [7, 11) is 0. The summed E-state index contributed by atoms with van der Waals surface area (Å²) >= 11 is 11.0. The zero-order valence-electron chi connectivity index (χ0n) is 7.84. The Hall–Kier alpha value is 0.0500. The Morgan fingerprint density at radius 2 is 1.42 bits per heavy atom.